The van der Waals surface area contributed by atoms with E-state index in [1.807, 2.05) is 25.2 Å². The van der Waals surface area contributed by atoms with Gasteiger partial charge >= 0.3 is 0 Å². The normalized spacial score (nSPS) is 10.9. The van der Waals surface area contributed by atoms with Gasteiger partial charge < -0.3 is 15.6 Å². The molecule has 102 valence electrons. The third-order valence-corrected chi connectivity index (χ3v) is 3.41. The first-order chi connectivity index (χ1) is 9.70. The molecule has 0 spiro atoms. The number of aryl methyl sites for hydroxylation is 1. The van der Waals surface area contributed by atoms with Crippen molar-refractivity contribution in [3.63, 3.8) is 0 Å². The van der Waals surface area contributed by atoms with Crippen molar-refractivity contribution >= 4 is 22.4 Å². The number of nitrogens with one attached hydrogen (secondary N) is 1. The quantitative estimate of drug-likeness (QED) is 0.765. The maximum Gasteiger partial charge on any atom is 0.144 e. The van der Waals surface area contributed by atoms with Gasteiger partial charge in [-0.1, -0.05) is 18.2 Å². The molecule has 0 fully saturated rings. The van der Waals surface area contributed by atoms with Crippen molar-refractivity contribution in [1.82, 2.24) is 15.0 Å². The van der Waals surface area contributed by atoms with Crippen LogP contribution in [0.1, 0.15) is 11.5 Å². The molecule has 0 saturated heterocycles. The lowest BCUT2D eigenvalue weighted by atomic mass is 10.2. The van der Waals surface area contributed by atoms with Crippen molar-refractivity contribution in [1.29, 1.82) is 0 Å². The van der Waals surface area contributed by atoms with E-state index in [1.54, 1.807) is 6.20 Å². The van der Waals surface area contributed by atoms with Gasteiger partial charge in [0.05, 0.1) is 12.2 Å². The minimum absolute atomic E-state index is 0.342. The van der Waals surface area contributed by atoms with Crippen LogP contribution in [0.25, 0.3) is 10.9 Å². The molecule has 5 nitrogen and oxygen atoms in total. The molecule has 20 heavy (non-hydrogen) atoms. The van der Waals surface area contributed by atoms with Gasteiger partial charge in [0.1, 0.15) is 11.6 Å². The largest absolute Gasteiger partial charge is 0.357 e. The van der Waals surface area contributed by atoms with Crippen molar-refractivity contribution in [2.75, 3.05) is 11.9 Å². The van der Waals surface area contributed by atoms with Crippen molar-refractivity contribution in [2.24, 2.45) is 5.73 Å². The molecule has 0 aliphatic heterocycles. The number of fused-ring (bicyclic) bond motifs is 1. The van der Waals surface area contributed by atoms with Gasteiger partial charge in [0.2, 0.25) is 0 Å². The number of hydrogen-bond acceptors (Lipinski definition) is 4. The molecule has 3 rings (SSSR count). The summed E-state index contributed by atoms with van der Waals surface area (Å²) in [6.45, 7) is 2.41. The molecular formula is C15H17N5. The van der Waals surface area contributed by atoms with Crippen LogP contribution in [0.15, 0.2) is 36.5 Å². The van der Waals surface area contributed by atoms with Gasteiger partial charge in [-0.2, -0.15) is 0 Å². The number of hydrogen-bond donors (Lipinski definition) is 2. The summed E-state index contributed by atoms with van der Waals surface area (Å²) in [7, 11) is 2.01. The van der Waals surface area contributed by atoms with Crippen LogP contribution in [-0.2, 0) is 6.54 Å². The van der Waals surface area contributed by atoms with Gasteiger partial charge in [0, 0.05) is 29.8 Å². The van der Waals surface area contributed by atoms with Gasteiger partial charge in [-0.3, -0.25) is 0 Å². The number of para-hydroxylation sites is 1. The molecule has 0 aliphatic carbocycles. The number of nitrogens with two attached hydrogens (primary N) is 1. The average molecular weight is 267 g/mol. The number of aromatic nitrogens is 3. The lowest BCUT2D eigenvalue weighted by molar-refractivity contribution is 0.899. The third kappa shape index (κ3) is 2.02. The lowest BCUT2D eigenvalue weighted by Gasteiger charge is -2.19. The summed E-state index contributed by atoms with van der Waals surface area (Å²) in [5.41, 5.74) is 8.97. The topological polar surface area (TPSA) is 70.8 Å². The second kappa shape index (κ2) is 4.94. The summed E-state index contributed by atoms with van der Waals surface area (Å²) in [6.07, 6.45) is 1.74. The molecule has 2 heterocycles. The highest BCUT2D eigenvalue weighted by molar-refractivity contribution is 5.96. The minimum atomic E-state index is 0.342. The van der Waals surface area contributed by atoms with Gasteiger partial charge in [0.25, 0.3) is 0 Å². The molecule has 5 heteroatoms. The van der Waals surface area contributed by atoms with Crippen LogP contribution in [-0.4, -0.2) is 22.0 Å². The molecule has 0 aliphatic rings. The molecule has 0 amide bonds. The van der Waals surface area contributed by atoms with E-state index in [0.717, 1.165) is 22.7 Å². The molecule has 0 radical (unpaired) electrons. The highest BCUT2D eigenvalue weighted by Crippen LogP contribution is 2.33. The molecular weight excluding hydrogens is 250 g/mol. The number of rotatable bonds is 3. The van der Waals surface area contributed by atoms with Gasteiger partial charge in [-0.15, -0.1) is 0 Å². The maximum absolute atomic E-state index is 5.61. The van der Waals surface area contributed by atoms with Crippen LogP contribution in [0.5, 0.6) is 0 Å². The van der Waals surface area contributed by atoms with Crippen molar-refractivity contribution in [2.45, 2.75) is 13.5 Å². The zero-order valence-electron chi connectivity index (χ0n) is 11.6. The highest BCUT2D eigenvalue weighted by Gasteiger charge is 2.14. The average Bonchev–Trinajstić information content (AvgIpc) is 2.82. The first-order valence-electron chi connectivity index (χ1n) is 6.53. The number of nitrogens with zero attached hydrogens (tertiary/aromatic N) is 3. The number of H-pyrrole nitrogens is 1. The van der Waals surface area contributed by atoms with Crippen LogP contribution in [0, 0.1) is 6.92 Å². The monoisotopic (exact) mass is 267 g/mol. The Morgan fingerprint density at radius 1 is 1.25 bits per heavy atom. The van der Waals surface area contributed by atoms with Gasteiger partial charge in [-0.25, -0.2) is 9.97 Å². The molecule has 3 N–H and O–H groups in total. The molecule has 3 aromatic rings. The molecule has 0 atom stereocenters. The Bertz CT molecular complexity index is 747. The molecule has 2 aromatic heterocycles. The fourth-order valence-corrected chi connectivity index (χ4v) is 2.48. The van der Waals surface area contributed by atoms with Crippen molar-refractivity contribution in [3.8, 4) is 0 Å². The summed E-state index contributed by atoms with van der Waals surface area (Å²) in [5, 5.41) is 1.18. The zero-order valence-corrected chi connectivity index (χ0v) is 11.6. The van der Waals surface area contributed by atoms with Crippen LogP contribution >= 0.6 is 0 Å². The maximum atomic E-state index is 5.61. The number of aromatic amines is 1. The van der Waals surface area contributed by atoms with E-state index < -0.39 is 0 Å². The summed E-state index contributed by atoms with van der Waals surface area (Å²) in [6, 6.07) is 10.1. The van der Waals surface area contributed by atoms with Crippen LogP contribution in [0.3, 0.4) is 0 Å². The smallest absolute Gasteiger partial charge is 0.144 e. The Kier molecular flexibility index (Phi) is 3.12. The summed E-state index contributed by atoms with van der Waals surface area (Å²) < 4.78 is 0. The van der Waals surface area contributed by atoms with E-state index in [2.05, 4.69) is 38.9 Å². The summed E-state index contributed by atoms with van der Waals surface area (Å²) in [5.74, 6) is 1.49. The predicted molar refractivity (Wildman–Crippen MR) is 81.0 cm³/mol. The lowest BCUT2D eigenvalue weighted by Crippen LogP contribution is -2.14. The SMILES string of the molecule is Cc1[nH]c2ccccc2c1N(C)c1ccnc(CN)n1. The summed E-state index contributed by atoms with van der Waals surface area (Å²) in [4.78, 5) is 14.1. The van der Waals surface area contributed by atoms with E-state index in [9.17, 15) is 0 Å². The Hall–Kier alpha value is -2.40. The van der Waals surface area contributed by atoms with Crippen LogP contribution in [0.2, 0.25) is 0 Å². The van der Waals surface area contributed by atoms with E-state index in [1.165, 1.54) is 5.39 Å². The molecule has 0 unspecified atom stereocenters. The molecule has 0 bridgehead atoms. The van der Waals surface area contributed by atoms with Crippen LogP contribution < -0.4 is 10.6 Å². The van der Waals surface area contributed by atoms with E-state index in [0.29, 0.717) is 12.4 Å². The molecule has 0 saturated carbocycles. The van der Waals surface area contributed by atoms with Gasteiger partial charge in [-0.05, 0) is 19.1 Å². The Morgan fingerprint density at radius 2 is 2.05 bits per heavy atom. The first-order valence-corrected chi connectivity index (χ1v) is 6.53. The number of anilines is 2. The third-order valence-electron chi connectivity index (χ3n) is 3.41. The second-order valence-corrected chi connectivity index (χ2v) is 4.74. The predicted octanol–water partition coefficient (Wildman–Crippen LogP) is 2.49. The van der Waals surface area contributed by atoms with Crippen molar-refractivity contribution in [3.05, 3.63) is 48.0 Å². The Labute approximate surface area is 117 Å². The minimum Gasteiger partial charge on any atom is -0.357 e. The Balaban J connectivity index is 2.12. The highest BCUT2D eigenvalue weighted by atomic mass is 15.2. The van der Waals surface area contributed by atoms with E-state index >= 15 is 0 Å². The van der Waals surface area contributed by atoms with Crippen molar-refractivity contribution < 1.29 is 0 Å². The van der Waals surface area contributed by atoms with E-state index in [4.69, 9.17) is 5.73 Å². The molecule has 1 aromatic carbocycles. The second-order valence-electron chi connectivity index (χ2n) is 4.74. The van der Waals surface area contributed by atoms with E-state index in [-0.39, 0.29) is 0 Å². The van der Waals surface area contributed by atoms with Gasteiger partial charge in [0.15, 0.2) is 0 Å². The Morgan fingerprint density at radius 3 is 2.85 bits per heavy atom. The van der Waals surface area contributed by atoms with Crippen LogP contribution in [0.4, 0.5) is 11.5 Å². The standard InChI is InChI=1S/C15H17N5/c1-10-15(11-5-3-4-6-12(11)18-10)20(2)14-7-8-17-13(9-16)19-14/h3-8,18H,9,16H2,1-2H3. The fraction of sp³-hybridized carbons (Fsp3) is 0.200. The first kappa shape index (κ1) is 12.6. The number of benzene rings is 1. The summed E-state index contributed by atoms with van der Waals surface area (Å²) >= 11 is 0. The fourth-order valence-electron chi connectivity index (χ4n) is 2.48. The zero-order chi connectivity index (χ0) is 14.1.